The Bertz CT molecular complexity index is 1180. The van der Waals surface area contributed by atoms with E-state index in [0.29, 0.717) is 39.7 Å². The van der Waals surface area contributed by atoms with Crippen LogP contribution in [0.5, 0.6) is 28.7 Å². The zero-order chi connectivity index (χ0) is 23.6. The van der Waals surface area contributed by atoms with Gasteiger partial charge in [0, 0.05) is 0 Å². The topological polar surface area (TPSA) is 87.0 Å². The molecule has 7 heteroatoms. The van der Waals surface area contributed by atoms with Crippen LogP contribution in [0.4, 0.5) is 0 Å². The van der Waals surface area contributed by atoms with Gasteiger partial charge in [0.25, 0.3) is 0 Å². The van der Waals surface area contributed by atoms with Gasteiger partial charge in [-0.25, -0.2) is 4.79 Å². The Labute approximate surface area is 192 Å². The Morgan fingerprint density at radius 3 is 2.18 bits per heavy atom. The van der Waals surface area contributed by atoms with Crippen LogP contribution in [0.15, 0.2) is 66.7 Å². The zero-order valence-corrected chi connectivity index (χ0v) is 18.5. The summed E-state index contributed by atoms with van der Waals surface area (Å²) in [5, 5.41) is 9.68. The number of nitrogens with zero attached hydrogens (tertiary/aromatic N) is 1. The fourth-order valence-electron chi connectivity index (χ4n) is 3.02. The SMILES string of the molecule is COc1ccc(/C(C#N)=C\c2ccc(OC(=O)COc3ccccc3)c(OC)c2)cc1OC. The Morgan fingerprint density at radius 2 is 1.52 bits per heavy atom. The molecule has 3 rings (SSSR count). The Balaban J connectivity index is 1.77. The van der Waals surface area contributed by atoms with Gasteiger partial charge in [-0.15, -0.1) is 0 Å². The number of carbonyl (C=O) groups excluding carboxylic acids is 1. The van der Waals surface area contributed by atoms with E-state index < -0.39 is 5.97 Å². The summed E-state index contributed by atoms with van der Waals surface area (Å²) in [6.07, 6.45) is 1.70. The molecule has 168 valence electrons. The predicted molar refractivity (Wildman–Crippen MR) is 124 cm³/mol. The minimum Gasteiger partial charge on any atom is -0.493 e. The van der Waals surface area contributed by atoms with Crippen LogP contribution in [0.2, 0.25) is 0 Å². The van der Waals surface area contributed by atoms with E-state index in [1.165, 1.54) is 14.2 Å². The van der Waals surface area contributed by atoms with Crippen molar-refractivity contribution < 1.29 is 28.5 Å². The van der Waals surface area contributed by atoms with Gasteiger partial charge in [0.1, 0.15) is 5.75 Å². The Morgan fingerprint density at radius 1 is 0.848 bits per heavy atom. The fourth-order valence-corrected chi connectivity index (χ4v) is 3.02. The molecule has 0 atom stereocenters. The van der Waals surface area contributed by atoms with Crippen molar-refractivity contribution in [3.8, 4) is 34.8 Å². The second-order valence-electron chi connectivity index (χ2n) is 6.73. The van der Waals surface area contributed by atoms with E-state index in [-0.39, 0.29) is 12.4 Å². The maximum atomic E-state index is 12.2. The van der Waals surface area contributed by atoms with E-state index in [4.69, 9.17) is 23.7 Å². The van der Waals surface area contributed by atoms with Crippen molar-refractivity contribution in [3.63, 3.8) is 0 Å². The third-order valence-corrected chi connectivity index (χ3v) is 4.64. The van der Waals surface area contributed by atoms with Gasteiger partial charge in [0.15, 0.2) is 29.6 Å². The van der Waals surface area contributed by atoms with Crippen molar-refractivity contribution in [3.05, 3.63) is 77.9 Å². The number of hydrogen-bond acceptors (Lipinski definition) is 7. The fraction of sp³-hybridized carbons (Fsp3) is 0.154. The van der Waals surface area contributed by atoms with E-state index in [2.05, 4.69) is 6.07 Å². The van der Waals surface area contributed by atoms with Crippen molar-refractivity contribution in [1.29, 1.82) is 5.26 Å². The first kappa shape index (κ1) is 23.2. The van der Waals surface area contributed by atoms with Gasteiger partial charge in [-0.2, -0.15) is 5.26 Å². The highest BCUT2D eigenvalue weighted by molar-refractivity contribution is 5.90. The summed E-state index contributed by atoms with van der Waals surface area (Å²) in [5.74, 6) is 1.70. The molecule has 0 aliphatic heterocycles. The quantitative estimate of drug-likeness (QED) is 0.203. The number of rotatable bonds is 9. The van der Waals surface area contributed by atoms with Gasteiger partial charge in [-0.3, -0.25) is 0 Å². The van der Waals surface area contributed by atoms with Crippen LogP contribution in [-0.4, -0.2) is 33.9 Å². The third kappa shape index (κ3) is 6.05. The first-order valence-corrected chi connectivity index (χ1v) is 9.98. The maximum absolute atomic E-state index is 12.2. The van der Waals surface area contributed by atoms with Crippen molar-refractivity contribution in [2.45, 2.75) is 0 Å². The third-order valence-electron chi connectivity index (χ3n) is 4.64. The first-order valence-electron chi connectivity index (χ1n) is 9.98. The van der Waals surface area contributed by atoms with Gasteiger partial charge in [-0.1, -0.05) is 24.3 Å². The lowest BCUT2D eigenvalue weighted by atomic mass is 10.0. The largest absolute Gasteiger partial charge is 0.493 e. The number of para-hydroxylation sites is 1. The molecule has 0 saturated heterocycles. The molecule has 3 aromatic carbocycles. The van der Waals surface area contributed by atoms with Crippen molar-refractivity contribution >= 4 is 17.6 Å². The molecule has 0 bridgehead atoms. The maximum Gasteiger partial charge on any atom is 0.349 e. The molecule has 0 aliphatic carbocycles. The lowest BCUT2D eigenvalue weighted by molar-refractivity contribution is -0.136. The van der Waals surface area contributed by atoms with E-state index in [1.54, 1.807) is 61.7 Å². The Kier molecular flexibility index (Phi) is 7.92. The molecule has 0 heterocycles. The second kappa shape index (κ2) is 11.3. The number of ether oxygens (including phenoxy) is 5. The number of methoxy groups -OCH3 is 3. The monoisotopic (exact) mass is 445 g/mol. The highest BCUT2D eigenvalue weighted by Crippen LogP contribution is 2.33. The van der Waals surface area contributed by atoms with Crippen molar-refractivity contribution in [2.24, 2.45) is 0 Å². The molecule has 3 aromatic rings. The number of esters is 1. The number of allylic oxidation sites excluding steroid dienone is 1. The average Bonchev–Trinajstić information content (AvgIpc) is 2.86. The number of carbonyl (C=O) groups is 1. The molecular weight excluding hydrogens is 422 g/mol. The van der Waals surface area contributed by atoms with Crippen LogP contribution in [0.1, 0.15) is 11.1 Å². The molecule has 0 radical (unpaired) electrons. The second-order valence-corrected chi connectivity index (χ2v) is 6.73. The molecule has 0 N–H and O–H groups in total. The summed E-state index contributed by atoms with van der Waals surface area (Å²) < 4.78 is 26.7. The molecular formula is C26H23NO6. The molecule has 0 amide bonds. The molecule has 7 nitrogen and oxygen atoms in total. The van der Waals surface area contributed by atoms with Crippen LogP contribution in [0.25, 0.3) is 11.6 Å². The normalized spacial score (nSPS) is 10.7. The van der Waals surface area contributed by atoms with E-state index >= 15 is 0 Å². The van der Waals surface area contributed by atoms with Gasteiger partial charge >= 0.3 is 5.97 Å². The van der Waals surface area contributed by atoms with Crippen molar-refractivity contribution in [1.82, 2.24) is 0 Å². The highest BCUT2D eigenvalue weighted by atomic mass is 16.6. The molecule has 0 spiro atoms. The first-order chi connectivity index (χ1) is 16.1. The smallest absolute Gasteiger partial charge is 0.349 e. The Hall–Kier alpha value is -4.44. The van der Waals surface area contributed by atoms with Gasteiger partial charge in [0.2, 0.25) is 0 Å². The lowest BCUT2D eigenvalue weighted by Gasteiger charge is -2.11. The summed E-state index contributed by atoms with van der Waals surface area (Å²) in [6, 6.07) is 21.4. The molecule has 0 fully saturated rings. The van der Waals surface area contributed by atoms with E-state index in [9.17, 15) is 10.1 Å². The average molecular weight is 445 g/mol. The van der Waals surface area contributed by atoms with Crippen molar-refractivity contribution in [2.75, 3.05) is 27.9 Å². The van der Waals surface area contributed by atoms with Gasteiger partial charge in [0.05, 0.1) is 33.0 Å². The van der Waals surface area contributed by atoms with Crippen LogP contribution in [0, 0.1) is 11.3 Å². The summed E-state index contributed by atoms with van der Waals surface area (Å²) in [4.78, 5) is 12.2. The standard InChI is InChI=1S/C26H23NO6/c1-29-22-12-10-19(15-25(22)31-3)20(16-27)13-18-9-11-23(24(14-18)30-2)33-26(28)17-32-21-7-5-4-6-8-21/h4-15H,17H2,1-3H3/b20-13-. The van der Waals surface area contributed by atoms with Crippen LogP contribution >= 0.6 is 0 Å². The molecule has 0 aliphatic rings. The summed E-state index contributed by atoms with van der Waals surface area (Å²) in [7, 11) is 4.56. The number of benzene rings is 3. The number of hydrogen-bond donors (Lipinski definition) is 0. The highest BCUT2D eigenvalue weighted by Gasteiger charge is 2.13. The molecule has 0 saturated carbocycles. The predicted octanol–water partition coefficient (Wildman–Crippen LogP) is 4.76. The van der Waals surface area contributed by atoms with Crippen LogP contribution < -0.4 is 23.7 Å². The van der Waals surface area contributed by atoms with Gasteiger partial charge in [-0.05, 0) is 59.7 Å². The molecule has 0 unspecified atom stereocenters. The minimum atomic E-state index is -0.566. The summed E-state index contributed by atoms with van der Waals surface area (Å²) >= 11 is 0. The van der Waals surface area contributed by atoms with Crippen LogP contribution in [0.3, 0.4) is 0 Å². The van der Waals surface area contributed by atoms with E-state index in [0.717, 1.165) is 0 Å². The minimum absolute atomic E-state index is 0.243. The molecule has 33 heavy (non-hydrogen) atoms. The summed E-state index contributed by atoms with van der Waals surface area (Å²) in [6.45, 7) is -0.243. The van der Waals surface area contributed by atoms with Gasteiger partial charge < -0.3 is 23.7 Å². The van der Waals surface area contributed by atoms with Crippen LogP contribution in [-0.2, 0) is 4.79 Å². The number of nitriles is 1. The molecule has 0 aromatic heterocycles. The lowest BCUT2D eigenvalue weighted by Crippen LogP contribution is -2.18. The summed E-state index contributed by atoms with van der Waals surface area (Å²) in [5.41, 5.74) is 1.78. The van der Waals surface area contributed by atoms with E-state index in [1.807, 2.05) is 18.2 Å². The zero-order valence-electron chi connectivity index (χ0n) is 18.5.